The molecule has 0 radical (unpaired) electrons. The SMILES string of the molecule is O=C(O)COc1ccc(C=C2SC(=O)N(CC(=O)N3CCCCCC3)C2=O)cc1Br. The van der Waals surface area contributed by atoms with Crippen molar-refractivity contribution < 1.29 is 29.0 Å². The van der Waals surface area contributed by atoms with Crippen molar-refractivity contribution in [3.8, 4) is 5.75 Å². The molecule has 2 fully saturated rings. The van der Waals surface area contributed by atoms with Crippen molar-refractivity contribution in [2.75, 3.05) is 26.2 Å². The van der Waals surface area contributed by atoms with E-state index in [4.69, 9.17) is 9.84 Å². The zero-order chi connectivity index (χ0) is 21.7. The number of halogens is 1. The fourth-order valence-corrected chi connectivity index (χ4v) is 4.56. The van der Waals surface area contributed by atoms with Crippen molar-refractivity contribution in [2.24, 2.45) is 0 Å². The molecule has 3 amide bonds. The van der Waals surface area contributed by atoms with E-state index >= 15 is 0 Å². The van der Waals surface area contributed by atoms with Gasteiger partial charge in [-0.2, -0.15) is 0 Å². The van der Waals surface area contributed by atoms with Gasteiger partial charge in [-0.25, -0.2) is 4.79 Å². The van der Waals surface area contributed by atoms with Gasteiger partial charge in [0.25, 0.3) is 11.1 Å². The molecule has 10 heteroatoms. The topological polar surface area (TPSA) is 104 Å². The standard InChI is InChI=1S/C20H21BrN2O6S/c21-14-9-13(5-6-15(14)29-12-18(25)26)10-16-19(27)23(20(28)30-16)11-17(24)22-7-3-1-2-4-8-22/h5-6,9-10H,1-4,7-8,11-12H2,(H,25,26). The van der Waals surface area contributed by atoms with Crippen LogP contribution in [0.4, 0.5) is 4.79 Å². The normalized spacial score (nSPS) is 18.6. The summed E-state index contributed by atoms with van der Waals surface area (Å²) in [6.45, 7) is 0.611. The highest BCUT2D eigenvalue weighted by atomic mass is 79.9. The maximum atomic E-state index is 12.7. The van der Waals surface area contributed by atoms with Gasteiger partial charge >= 0.3 is 5.97 Å². The number of nitrogens with zero attached hydrogens (tertiary/aromatic N) is 2. The van der Waals surface area contributed by atoms with E-state index in [2.05, 4.69) is 15.9 Å². The second kappa shape index (κ2) is 10.1. The summed E-state index contributed by atoms with van der Waals surface area (Å²) in [7, 11) is 0. The molecule has 0 aromatic heterocycles. The molecule has 1 aromatic rings. The molecule has 2 aliphatic heterocycles. The zero-order valence-electron chi connectivity index (χ0n) is 16.1. The van der Waals surface area contributed by atoms with E-state index in [-0.39, 0.29) is 17.4 Å². The molecule has 2 aliphatic rings. The molecular formula is C20H21BrN2O6S. The van der Waals surface area contributed by atoms with Gasteiger partial charge in [-0.05, 0) is 64.3 Å². The molecular weight excluding hydrogens is 476 g/mol. The minimum Gasteiger partial charge on any atom is -0.481 e. The molecule has 0 aliphatic carbocycles. The summed E-state index contributed by atoms with van der Waals surface area (Å²) >= 11 is 4.10. The predicted octanol–water partition coefficient (Wildman–Crippen LogP) is 3.35. The number of carbonyl (C=O) groups is 4. The molecule has 0 unspecified atom stereocenters. The van der Waals surface area contributed by atoms with E-state index in [1.807, 2.05) is 0 Å². The number of rotatable bonds is 6. The van der Waals surface area contributed by atoms with Gasteiger partial charge in [-0.15, -0.1) is 0 Å². The summed E-state index contributed by atoms with van der Waals surface area (Å²) in [5.41, 5.74) is 0.633. The highest BCUT2D eigenvalue weighted by molar-refractivity contribution is 9.10. The number of thioether (sulfide) groups is 1. The van der Waals surface area contributed by atoms with Gasteiger partial charge in [0.1, 0.15) is 12.3 Å². The third-order valence-corrected chi connectivity index (χ3v) is 6.26. The van der Waals surface area contributed by atoms with Crippen molar-refractivity contribution in [3.05, 3.63) is 33.1 Å². The minimum absolute atomic E-state index is 0.205. The van der Waals surface area contributed by atoms with Crippen LogP contribution in [0.1, 0.15) is 31.2 Å². The summed E-state index contributed by atoms with van der Waals surface area (Å²) in [6, 6.07) is 4.89. The number of likely N-dealkylation sites (tertiary alicyclic amines) is 1. The second-order valence-electron chi connectivity index (χ2n) is 6.94. The van der Waals surface area contributed by atoms with E-state index in [0.29, 0.717) is 28.9 Å². The Hall–Kier alpha value is -2.33. The predicted molar refractivity (Wildman–Crippen MR) is 115 cm³/mol. The molecule has 1 aromatic carbocycles. The first-order valence-corrected chi connectivity index (χ1v) is 11.1. The monoisotopic (exact) mass is 496 g/mol. The number of carboxylic acids is 1. The summed E-state index contributed by atoms with van der Waals surface area (Å²) in [6.07, 6.45) is 5.61. The summed E-state index contributed by atoms with van der Waals surface area (Å²) in [5, 5.41) is 8.23. The number of aliphatic carboxylic acids is 1. The van der Waals surface area contributed by atoms with E-state index < -0.39 is 23.7 Å². The third-order valence-electron chi connectivity index (χ3n) is 4.73. The van der Waals surface area contributed by atoms with Crippen molar-refractivity contribution in [1.29, 1.82) is 0 Å². The lowest BCUT2D eigenvalue weighted by atomic mass is 10.2. The lowest BCUT2D eigenvalue weighted by Crippen LogP contribution is -2.42. The molecule has 0 spiro atoms. The molecule has 2 heterocycles. The molecule has 2 saturated heterocycles. The van der Waals surface area contributed by atoms with E-state index in [0.717, 1.165) is 42.3 Å². The summed E-state index contributed by atoms with van der Waals surface area (Å²) in [4.78, 5) is 51.1. The zero-order valence-corrected chi connectivity index (χ0v) is 18.5. The molecule has 1 N–H and O–H groups in total. The van der Waals surface area contributed by atoms with Crippen LogP contribution in [0.15, 0.2) is 27.6 Å². The second-order valence-corrected chi connectivity index (χ2v) is 8.78. The third kappa shape index (κ3) is 5.63. The van der Waals surface area contributed by atoms with Crippen LogP contribution in [0.3, 0.4) is 0 Å². The molecule has 0 atom stereocenters. The maximum absolute atomic E-state index is 12.7. The number of amides is 3. The van der Waals surface area contributed by atoms with Crippen LogP contribution in [0.2, 0.25) is 0 Å². The minimum atomic E-state index is -1.09. The Balaban J connectivity index is 1.67. The molecule has 30 heavy (non-hydrogen) atoms. The average Bonchev–Trinajstić information content (AvgIpc) is 2.90. The Kier molecular flexibility index (Phi) is 7.54. The Bertz CT molecular complexity index is 895. The van der Waals surface area contributed by atoms with E-state index in [1.54, 1.807) is 29.2 Å². The van der Waals surface area contributed by atoms with Gasteiger partial charge in [-0.1, -0.05) is 18.9 Å². The van der Waals surface area contributed by atoms with Crippen molar-refractivity contribution in [2.45, 2.75) is 25.7 Å². The Morgan fingerprint density at radius 2 is 1.87 bits per heavy atom. The van der Waals surface area contributed by atoms with Crippen LogP contribution >= 0.6 is 27.7 Å². The van der Waals surface area contributed by atoms with Crippen LogP contribution in [-0.2, 0) is 14.4 Å². The van der Waals surface area contributed by atoms with E-state index in [9.17, 15) is 19.2 Å². The smallest absolute Gasteiger partial charge is 0.341 e. The molecule has 8 nitrogen and oxygen atoms in total. The number of imide groups is 1. The highest BCUT2D eigenvalue weighted by Crippen LogP contribution is 2.34. The van der Waals surface area contributed by atoms with Gasteiger partial charge in [0.05, 0.1) is 9.38 Å². The van der Waals surface area contributed by atoms with Crippen molar-refractivity contribution >= 4 is 56.8 Å². The first-order chi connectivity index (χ1) is 14.3. The van der Waals surface area contributed by atoms with Crippen LogP contribution < -0.4 is 4.74 Å². The summed E-state index contributed by atoms with van der Waals surface area (Å²) in [5.74, 6) is -1.43. The van der Waals surface area contributed by atoms with E-state index in [1.165, 1.54) is 0 Å². The largest absolute Gasteiger partial charge is 0.481 e. The van der Waals surface area contributed by atoms with Gasteiger partial charge < -0.3 is 14.7 Å². The van der Waals surface area contributed by atoms with Gasteiger partial charge in [-0.3, -0.25) is 19.3 Å². The fourth-order valence-electron chi connectivity index (χ4n) is 3.21. The lowest BCUT2D eigenvalue weighted by Gasteiger charge is -2.22. The van der Waals surface area contributed by atoms with Crippen LogP contribution in [-0.4, -0.2) is 64.2 Å². The van der Waals surface area contributed by atoms with Crippen molar-refractivity contribution in [1.82, 2.24) is 9.80 Å². The maximum Gasteiger partial charge on any atom is 0.341 e. The molecule has 160 valence electrons. The first kappa shape index (κ1) is 22.4. The van der Waals surface area contributed by atoms with Gasteiger partial charge in [0.2, 0.25) is 5.91 Å². The number of benzene rings is 1. The Labute approximate surface area is 186 Å². The number of hydrogen-bond acceptors (Lipinski definition) is 6. The Morgan fingerprint density at radius 3 is 2.50 bits per heavy atom. The van der Waals surface area contributed by atoms with Crippen LogP contribution in [0, 0.1) is 0 Å². The number of carbonyl (C=O) groups excluding carboxylic acids is 3. The summed E-state index contributed by atoms with van der Waals surface area (Å²) < 4.78 is 5.67. The van der Waals surface area contributed by atoms with Crippen molar-refractivity contribution in [3.63, 3.8) is 0 Å². The highest BCUT2D eigenvalue weighted by Gasteiger charge is 2.37. The fraction of sp³-hybridized carbons (Fsp3) is 0.400. The quantitative estimate of drug-likeness (QED) is 0.602. The number of carboxylic acid groups (broad SMARTS) is 1. The van der Waals surface area contributed by atoms with Crippen LogP contribution in [0.5, 0.6) is 5.75 Å². The van der Waals surface area contributed by atoms with Crippen LogP contribution in [0.25, 0.3) is 6.08 Å². The van der Waals surface area contributed by atoms with Gasteiger partial charge in [0, 0.05) is 13.1 Å². The molecule has 0 bridgehead atoms. The average molecular weight is 497 g/mol. The number of hydrogen-bond donors (Lipinski definition) is 1. The molecule has 0 saturated carbocycles. The molecule has 3 rings (SSSR count). The lowest BCUT2D eigenvalue weighted by molar-refractivity contribution is -0.139. The number of ether oxygens (including phenoxy) is 1. The Morgan fingerprint density at radius 1 is 1.17 bits per heavy atom. The van der Waals surface area contributed by atoms with Gasteiger partial charge in [0.15, 0.2) is 6.61 Å². The first-order valence-electron chi connectivity index (χ1n) is 9.52.